The molecule has 3 aliphatic rings. The molecule has 2 aliphatic heterocycles. The number of hydrogen-bond donors (Lipinski definition) is 7. The first-order chi connectivity index (χ1) is 17.1. The van der Waals surface area contributed by atoms with Crippen LogP contribution in [0, 0.1) is 0 Å². The number of aromatic nitrogens is 1. The number of hydrogen-bond acceptors (Lipinski definition) is 10. The summed E-state index contributed by atoms with van der Waals surface area (Å²) in [4.78, 5) is 0. The van der Waals surface area contributed by atoms with E-state index in [1.165, 1.54) is 0 Å². The normalized spacial score (nSPS) is 42.8. The van der Waals surface area contributed by atoms with E-state index in [1.54, 1.807) is 21.0 Å². The zero-order valence-electron chi connectivity index (χ0n) is 21.1. The summed E-state index contributed by atoms with van der Waals surface area (Å²) in [5.41, 5.74) is 0.377. The van der Waals surface area contributed by atoms with Gasteiger partial charge in [0, 0.05) is 38.3 Å². The second kappa shape index (κ2) is 9.59. The fourth-order valence-corrected chi connectivity index (χ4v) is 6.06. The van der Waals surface area contributed by atoms with E-state index in [-0.39, 0.29) is 13.0 Å². The molecule has 36 heavy (non-hydrogen) atoms. The lowest BCUT2D eigenvalue weighted by atomic mass is 9.77. The number of ether oxygens (including phenoxy) is 3. The van der Waals surface area contributed by atoms with Gasteiger partial charge in [0.15, 0.2) is 0 Å². The van der Waals surface area contributed by atoms with Crippen LogP contribution in [0.3, 0.4) is 0 Å². The predicted octanol–water partition coefficient (Wildman–Crippen LogP) is -1.48. The standard InChI is InChI=1S/C25H38N4O7/c1-13-10-24(32,12-28-11-14-5-6-15-7-8-29(4)16(15)9-14)25(33)23(34-13)35-22-20(31)17(26-2)19(30)18(27-3)21(22)36-25/h5-9,13,17-23,26-28,30-33H,10-12H2,1-4H3/t13-,17-,18+,19+,20+,21?,22?,23?,24-,25-/m1/s1. The molecule has 11 heteroatoms. The second-order valence-electron chi connectivity index (χ2n) is 10.4. The van der Waals surface area contributed by atoms with Crippen molar-refractivity contribution in [1.82, 2.24) is 20.5 Å². The molecule has 3 fully saturated rings. The van der Waals surface area contributed by atoms with Crippen molar-refractivity contribution in [1.29, 1.82) is 0 Å². The van der Waals surface area contributed by atoms with Gasteiger partial charge in [-0.1, -0.05) is 12.1 Å². The molecule has 1 saturated carbocycles. The van der Waals surface area contributed by atoms with Gasteiger partial charge in [-0.15, -0.1) is 0 Å². The molecule has 1 aromatic carbocycles. The molecule has 3 unspecified atom stereocenters. The maximum Gasteiger partial charge on any atom is 0.249 e. The average molecular weight is 507 g/mol. The zero-order valence-corrected chi connectivity index (χ0v) is 21.1. The Morgan fingerprint density at radius 1 is 1.03 bits per heavy atom. The maximum atomic E-state index is 11.8. The molecule has 0 radical (unpaired) electrons. The molecule has 5 rings (SSSR count). The lowest BCUT2D eigenvalue weighted by Crippen LogP contribution is -2.81. The lowest BCUT2D eigenvalue weighted by molar-refractivity contribution is -0.482. The van der Waals surface area contributed by atoms with E-state index in [1.807, 2.05) is 23.9 Å². The summed E-state index contributed by atoms with van der Waals surface area (Å²) >= 11 is 0. The van der Waals surface area contributed by atoms with Crippen molar-refractivity contribution in [3.63, 3.8) is 0 Å². The molecular formula is C25H38N4O7. The number of nitrogens with zero attached hydrogens (tertiary/aromatic N) is 1. The highest BCUT2D eigenvalue weighted by atomic mass is 16.8. The molecule has 0 spiro atoms. The fourth-order valence-electron chi connectivity index (χ4n) is 6.06. The summed E-state index contributed by atoms with van der Waals surface area (Å²) in [5, 5.41) is 55.6. The smallest absolute Gasteiger partial charge is 0.249 e. The van der Waals surface area contributed by atoms with Crippen LogP contribution in [0.15, 0.2) is 30.5 Å². The summed E-state index contributed by atoms with van der Waals surface area (Å²) in [7, 11) is 5.29. The second-order valence-corrected chi connectivity index (χ2v) is 10.4. The van der Waals surface area contributed by atoms with Gasteiger partial charge in [0.2, 0.25) is 12.1 Å². The zero-order chi connectivity index (χ0) is 25.8. The lowest BCUT2D eigenvalue weighted by Gasteiger charge is -2.60. The SMILES string of the molecule is CN[C@@H]1[C@H](O)[C@H](NC)C2O[C@]3(O)C(OC2[C@H]1O)O[C@H](C)C[C@@]3(O)CNCc1ccc2ccn(C)c2c1. The monoisotopic (exact) mass is 506 g/mol. The Kier molecular flexibility index (Phi) is 6.92. The van der Waals surface area contributed by atoms with Gasteiger partial charge in [0.25, 0.3) is 0 Å². The Balaban J connectivity index is 1.36. The van der Waals surface area contributed by atoms with Gasteiger partial charge in [0.05, 0.1) is 24.3 Å². The van der Waals surface area contributed by atoms with Crippen LogP contribution in [0.2, 0.25) is 0 Å². The molecule has 3 heterocycles. The van der Waals surface area contributed by atoms with Crippen LogP contribution in [0.25, 0.3) is 10.9 Å². The minimum absolute atomic E-state index is 0.00802. The molecular weight excluding hydrogens is 468 g/mol. The van der Waals surface area contributed by atoms with Gasteiger partial charge in [-0.25, -0.2) is 0 Å². The molecule has 1 aromatic heterocycles. The Hall–Kier alpha value is -1.64. The fraction of sp³-hybridized carbons (Fsp3) is 0.680. The molecule has 10 atom stereocenters. The largest absolute Gasteiger partial charge is 0.390 e. The highest BCUT2D eigenvalue weighted by Gasteiger charge is 2.68. The molecule has 0 amide bonds. The number of nitrogens with one attached hydrogen (secondary N) is 3. The third-order valence-electron chi connectivity index (χ3n) is 8.05. The van der Waals surface area contributed by atoms with Crippen LogP contribution < -0.4 is 16.0 Å². The summed E-state index contributed by atoms with van der Waals surface area (Å²) in [6.07, 6.45) is -3.64. The van der Waals surface area contributed by atoms with Crippen LogP contribution >= 0.6 is 0 Å². The van der Waals surface area contributed by atoms with Gasteiger partial charge in [-0.3, -0.25) is 0 Å². The Labute approximate surface area is 210 Å². The Morgan fingerprint density at radius 2 is 1.78 bits per heavy atom. The van der Waals surface area contributed by atoms with Gasteiger partial charge in [-0.2, -0.15) is 0 Å². The van der Waals surface area contributed by atoms with E-state index in [2.05, 4.69) is 34.1 Å². The van der Waals surface area contributed by atoms with Crippen molar-refractivity contribution in [2.45, 2.75) is 80.2 Å². The van der Waals surface area contributed by atoms with Gasteiger partial charge >= 0.3 is 0 Å². The quantitative estimate of drug-likeness (QED) is 0.247. The number of fused-ring (bicyclic) bond motifs is 3. The van der Waals surface area contributed by atoms with Crippen LogP contribution in [-0.2, 0) is 27.8 Å². The van der Waals surface area contributed by atoms with Crippen molar-refractivity contribution >= 4 is 10.9 Å². The number of likely N-dealkylation sites (N-methyl/N-ethyl adjacent to an activating group) is 2. The number of benzene rings is 1. The van der Waals surface area contributed by atoms with Crippen molar-refractivity contribution < 1.29 is 34.6 Å². The topological polar surface area (TPSA) is 150 Å². The minimum atomic E-state index is -2.23. The summed E-state index contributed by atoms with van der Waals surface area (Å²) < 4.78 is 20.1. The van der Waals surface area contributed by atoms with E-state index in [9.17, 15) is 20.4 Å². The molecule has 200 valence electrons. The summed E-state index contributed by atoms with van der Waals surface area (Å²) in [6.45, 7) is 2.26. The number of aliphatic hydroxyl groups excluding tert-OH is 2. The van der Waals surface area contributed by atoms with Crippen molar-refractivity contribution in [2.24, 2.45) is 7.05 Å². The third-order valence-corrected chi connectivity index (χ3v) is 8.05. The predicted molar refractivity (Wildman–Crippen MR) is 131 cm³/mol. The highest BCUT2D eigenvalue weighted by Crippen LogP contribution is 2.46. The van der Waals surface area contributed by atoms with Crippen molar-refractivity contribution in [2.75, 3.05) is 20.6 Å². The first kappa shape index (κ1) is 26.0. The third kappa shape index (κ3) is 4.08. The van der Waals surface area contributed by atoms with Gasteiger partial charge in [-0.05, 0) is 44.1 Å². The number of aryl methyl sites for hydroxylation is 1. The minimum Gasteiger partial charge on any atom is -0.390 e. The van der Waals surface area contributed by atoms with Crippen LogP contribution in [-0.4, -0.2) is 106 Å². The molecule has 0 bridgehead atoms. The van der Waals surface area contributed by atoms with E-state index < -0.39 is 60.3 Å². The van der Waals surface area contributed by atoms with E-state index >= 15 is 0 Å². The molecule has 11 nitrogen and oxygen atoms in total. The highest BCUT2D eigenvalue weighted by molar-refractivity contribution is 5.80. The van der Waals surface area contributed by atoms with Crippen molar-refractivity contribution in [3.05, 3.63) is 36.0 Å². The number of rotatable bonds is 6. The van der Waals surface area contributed by atoms with Crippen LogP contribution in [0.1, 0.15) is 18.9 Å². The van der Waals surface area contributed by atoms with Crippen molar-refractivity contribution in [3.8, 4) is 0 Å². The average Bonchev–Trinajstić information content (AvgIpc) is 3.20. The molecule has 2 saturated heterocycles. The van der Waals surface area contributed by atoms with Gasteiger partial charge < -0.3 is 55.2 Å². The Morgan fingerprint density at radius 3 is 2.50 bits per heavy atom. The Bertz CT molecular complexity index is 1080. The first-order valence-electron chi connectivity index (χ1n) is 12.5. The van der Waals surface area contributed by atoms with Crippen LogP contribution in [0.4, 0.5) is 0 Å². The molecule has 2 aromatic rings. The number of aliphatic hydroxyl groups is 4. The molecule has 7 N–H and O–H groups in total. The maximum absolute atomic E-state index is 11.8. The van der Waals surface area contributed by atoms with E-state index in [4.69, 9.17) is 14.2 Å². The van der Waals surface area contributed by atoms with Crippen LogP contribution in [0.5, 0.6) is 0 Å². The summed E-state index contributed by atoms with van der Waals surface area (Å²) in [6, 6.07) is 6.86. The molecule has 1 aliphatic carbocycles. The van der Waals surface area contributed by atoms with E-state index in [0.29, 0.717) is 6.54 Å². The first-order valence-corrected chi connectivity index (χ1v) is 12.5. The van der Waals surface area contributed by atoms with Gasteiger partial charge in [0.1, 0.15) is 23.9 Å². The van der Waals surface area contributed by atoms with E-state index in [0.717, 1.165) is 16.5 Å². The summed E-state index contributed by atoms with van der Waals surface area (Å²) in [5.74, 6) is -2.23.